The number of benzene rings is 2. The third-order valence-electron chi connectivity index (χ3n) is 6.31. The molecule has 10 heteroatoms. The van der Waals surface area contributed by atoms with Gasteiger partial charge in [-0.15, -0.1) is 0 Å². The van der Waals surface area contributed by atoms with Crippen LogP contribution >= 0.6 is 0 Å². The highest BCUT2D eigenvalue weighted by Crippen LogP contribution is 2.43. The lowest BCUT2D eigenvalue weighted by atomic mass is 9.92. The number of rotatable bonds is 6. The molecule has 192 valence electrons. The molecule has 0 spiro atoms. The zero-order chi connectivity index (χ0) is 27.1. The van der Waals surface area contributed by atoms with Gasteiger partial charge in [0.2, 0.25) is 10.0 Å². The average Bonchev–Trinajstić information content (AvgIpc) is 3.13. The van der Waals surface area contributed by atoms with E-state index >= 15 is 0 Å². The van der Waals surface area contributed by atoms with Gasteiger partial charge in [-0.05, 0) is 72.5 Å². The number of ether oxygens (including phenoxy) is 1. The molecule has 2 aromatic carbocycles. The number of hydrogen-bond donors (Lipinski definition) is 2. The van der Waals surface area contributed by atoms with Gasteiger partial charge in [0, 0.05) is 17.4 Å². The number of anilines is 1. The average molecular weight is 522 g/mol. The van der Waals surface area contributed by atoms with Gasteiger partial charge in [-0.1, -0.05) is 19.9 Å². The molecule has 1 saturated heterocycles. The molecular weight excluding hydrogens is 494 g/mol. The van der Waals surface area contributed by atoms with E-state index in [1.165, 1.54) is 35.4 Å². The number of Topliss-reactive ketones (excluding diaryl/α,β-unsaturated/α-hetero) is 1. The molecule has 3 aromatic rings. The number of nitrogens with two attached hydrogens (primary N) is 1. The number of pyridine rings is 1. The number of aliphatic hydroxyl groups excluding tert-OH is 1. The standard InChI is InChI=1S/C27H27N3O6S/c1-15(2)19-14-20(16(3)13-22(19)36-4)25(31)23-24(21-7-5-6-12-29-21)30(27(33)26(23)32)17-8-10-18(11-9-17)37(28,34)35/h5-15,24,31H,1-4H3,(H2,28,34,35)/b25-23+. The van der Waals surface area contributed by atoms with Crippen LogP contribution in [0.15, 0.2) is 71.3 Å². The van der Waals surface area contributed by atoms with Crippen molar-refractivity contribution in [3.8, 4) is 5.75 Å². The lowest BCUT2D eigenvalue weighted by Gasteiger charge is -2.25. The number of carbonyl (C=O) groups is 2. The maximum atomic E-state index is 13.4. The molecule has 0 radical (unpaired) electrons. The monoisotopic (exact) mass is 521 g/mol. The van der Waals surface area contributed by atoms with Gasteiger partial charge < -0.3 is 9.84 Å². The second-order valence-corrected chi connectivity index (χ2v) is 10.6. The molecule has 37 heavy (non-hydrogen) atoms. The lowest BCUT2D eigenvalue weighted by molar-refractivity contribution is -0.132. The van der Waals surface area contributed by atoms with Crippen molar-refractivity contribution in [1.82, 2.24) is 4.98 Å². The first-order valence-corrected chi connectivity index (χ1v) is 13.0. The summed E-state index contributed by atoms with van der Waals surface area (Å²) in [7, 11) is -2.39. The molecule has 1 amide bonds. The Labute approximate surface area is 215 Å². The minimum absolute atomic E-state index is 0.0634. The fourth-order valence-corrected chi connectivity index (χ4v) is 4.95. The fourth-order valence-electron chi connectivity index (χ4n) is 4.44. The zero-order valence-corrected chi connectivity index (χ0v) is 21.6. The van der Waals surface area contributed by atoms with Gasteiger partial charge in [0.1, 0.15) is 17.6 Å². The van der Waals surface area contributed by atoms with Gasteiger partial charge in [-0.2, -0.15) is 0 Å². The van der Waals surface area contributed by atoms with E-state index in [-0.39, 0.29) is 27.8 Å². The summed E-state index contributed by atoms with van der Waals surface area (Å²) >= 11 is 0. The summed E-state index contributed by atoms with van der Waals surface area (Å²) in [6.45, 7) is 5.74. The largest absolute Gasteiger partial charge is 0.507 e. The molecule has 0 saturated carbocycles. The summed E-state index contributed by atoms with van der Waals surface area (Å²) in [6, 6.07) is 12.8. The number of nitrogens with zero attached hydrogens (tertiary/aromatic N) is 2. The summed E-state index contributed by atoms with van der Waals surface area (Å²) in [5, 5.41) is 16.7. The number of aliphatic hydroxyl groups is 1. The predicted octanol–water partition coefficient (Wildman–Crippen LogP) is 3.80. The van der Waals surface area contributed by atoms with Crippen molar-refractivity contribution in [3.63, 3.8) is 0 Å². The minimum atomic E-state index is -3.96. The molecule has 1 aromatic heterocycles. The number of amides is 1. The molecular formula is C27H27N3O6S. The van der Waals surface area contributed by atoms with E-state index in [1.807, 2.05) is 13.8 Å². The van der Waals surface area contributed by atoms with Crippen molar-refractivity contribution in [2.75, 3.05) is 12.0 Å². The summed E-state index contributed by atoms with van der Waals surface area (Å²) < 4.78 is 28.9. The van der Waals surface area contributed by atoms with Gasteiger partial charge in [-0.3, -0.25) is 19.5 Å². The van der Waals surface area contributed by atoms with E-state index in [1.54, 1.807) is 44.4 Å². The predicted molar refractivity (Wildman–Crippen MR) is 139 cm³/mol. The van der Waals surface area contributed by atoms with E-state index in [2.05, 4.69) is 4.98 Å². The molecule has 1 atom stereocenters. The van der Waals surface area contributed by atoms with Crippen LogP contribution in [-0.2, 0) is 19.6 Å². The Hall–Kier alpha value is -4.02. The number of hydrogen-bond acceptors (Lipinski definition) is 7. The molecule has 2 heterocycles. The fraction of sp³-hybridized carbons (Fsp3) is 0.222. The SMILES string of the molecule is COc1cc(C)c(/C(O)=C2\C(=O)C(=O)N(c3ccc(S(N)(=O)=O)cc3)C2c2ccccn2)cc1C(C)C. The van der Waals surface area contributed by atoms with E-state index in [9.17, 15) is 23.1 Å². The van der Waals surface area contributed by atoms with Gasteiger partial charge in [-0.25, -0.2) is 13.6 Å². The third kappa shape index (κ3) is 4.73. The van der Waals surface area contributed by atoms with E-state index < -0.39 is 27.8 Å². The highest BCUT2D eigenvalue weighted by atomic mass is 32.2. The van der Waals surface area contributed by atoms with Crippen molar-refractivity contribution in [3.05, 3.63) is 88.8 Å². The van der Waals surface area contributed by atoms with Crippen molar-refractivity contribution < 1.29 is 27.9 Å². The normalized spacial score (nSPS) is 17.5. The Balaban J connectivity index is 1.95. The van der Waals surface area contributed by atoms with Crippen molar-refractivity contribution in [2.24, 2.45) is 5.14 Å². The van der Waals surface area contributed by atoms with Crippen molar-refractivity contribution in [2.45, 2.75) is 37.6 Å². The van der Waals surface area contributed by atoms with E-state index in [0.29, 0.717) is 22.6 Å². The summed E-state index contributed by atoms with van der Waals surface area (Å²) in [5.41, 5.74) is 2.36. The quantitative estimate of drug-likeness (QED) is 0.286. The molecule has 0 bridgehead atoms. The molecule has 1 fully saturated rings. The van der Waals surface area contributed by atoms with Crippen LogP contribution in [0.4, 0.5) is 5.69 Å². The number of carbonyl (C=O) groups excluding carboxylic acids is 2. The molecule has 9 nitrogen and oxygen atoms in total. The van der Waals surface area contributed by atoms with E-state index in [4.69, 9.17) is 9.88 Å². The first kappa shape index (κ1) is 26.1. The van der Waals surface area contributed by atoms with Crippen molar-refractivity contribution >= 4 is 33.2 Å². The van der Waals surface area contributed by atoms with Gasteiger partial charge >= 0.3 is 0 Å². The molecule has 1 unspecified atom stereocenters. The Kier molecular flexibility index (Phi) is 6.90. The van der Waals surface area contributed by atoms with Crippen LogP contribution in [0.25, 0.3) is 5.76 Å². The maximum absolute atomic E-state index is 13.4. The highest BCUT2D eigenvalue weighted by molar-refractivity contribution is 7.89. The first-order chi connectivity index (χ1) is 17.5. The Morgan fingerprint density at radius 2 is 1.78 bits per heavy atom. The summed E-state index contributed by atoms with van der Waals surface area (Å²) in [5.74, 6) is -1.38. The van der Waals surface area contributed by atoms with Crippen LogP contribution in [0.1, 0.15) is 48.2 Å². The minimum Gasteiger partial charge on any atom is -0.507 e. The number of methoxy groups -OCH3 is 1. The van der Waals surface area contributed by atoms with Crippen LogP contribution in [0.5, 0.6) is 5.75 Å². The molecule has 0 aliphatic carbocycles. The Bertz CT molecular complexity index is 1510. The summed E-state index contributed by atoms with van der Waals surface area (Å²) in [4.78, 5) is 32.1. The number of sulfonamides is 1. The van der Waals surface area contributed by atoms with Crippen LogP contribution in [0, 0.1) is 6.92 Å². The first-order valence-electron chi connectivity index (χ1n) is 11.5. The topological polar surface area (TPSA) is 140 Å². The van der Waals surface area contributed by atoms with Crippen LogP contribution in [-0.4, -0.2) is 37.3 Å². The second-order valence-electron chi connectivity index (χ2n) is 9.03. The molecule has 4 rings (SSSR count). The molecule has 1 aliphatic heterocycles. The van der Waals surface area contributed by atoms with Gasteiger partial charge in [0.25, 0.3) is 11.7 Å². The van der Waals surface area contributed by atoms with Crippen molar-refractivity contribution in [1.29, 1.82) is 0 Å². The third-order valence-corrected chi connectivity index (χ3v) is 7.24. The molecule has 3 N–H and O–H groups in total. The van der Waals surface area contributed by atoms with E-state index in [0.717, 1.165) is 5.56 Å². The molecule has 1 aliphatic rings. The zero-order valence-electron chi connectivity index (χ0n) is 20.8. The summed E-state index contributed by atoms with van der Waals surface area (Å²) in [6.07, 6.45) is 1.52. The number of ketones is 1. The number of aryl methyl sites for hydroxylation is 1. The van der Waals surface area contributed by atoms with Crippen LogP contribution < -0.4 is 14.8 Å². The van der Waals surface area contributed by atoms with Crippen LogP contribution in [0.2, 0.25) is 0 Å². The Morgan fingerprint density at radius 1 is 1.11 bits per heavy atom. The smallest absolute Gasteiger partial charge is 0.300 e. The maximum Gasteiger partial charge on any atom is 0.300 e. The highest BCUT2D eigenvalue weighted by Gasteiger charge is 2.47. The lowest BCUT2D eigenvalue weighted by Crippen LogP contribution is -2.29. The number of aromatic nitrogens is 1. The Morgan fingerprint density at radius 3 is 2.32 bits per heavy atom. The van der Waals surface area contributed by atoms with Gasteiger partial charge in [0.15, 0.2) is 0 Å². The van der Waals surface area contributed by atoms with Gasteiger partial charge in [0.05, 0.1) is 23.3 Å². The second kappa shape index (κ2) is 9.79. The van der Waals surface area contributed by atoms with Crippen LogP contribution in [0.3, 0.4) is 0 Å². The number of primary sulfonamides is 1.